The number of nitrogens with two attached hydrogens (primary N) is 1. The molecule has 0 fully saturated rings. The van der Waals surface area contributed by atoms with Crippen LogP contribution in [-0.2, 0) is 13.0 Å². The second kappa shape index (κ2) is 8.52. The Morgan fingerprint density at radius 3 is 2.80 bits per heavy atom. The summed E-state index contributed by atoms with van der Waals surface area (Å²) in [6.45, 7) is 2.60. The number of aliphatic imine (C=N–C) groups is 1. The van der Waals surface area contributed by atoms with Crippen LogP contribution in [0.25, 0.3) is 0 Å². The first kappa shape index (κ1) is 16.4. The van der Waals surface area contributed by atoms with Crippen LogP contribution < -0.4 is 11.1 Å². The molecule has 0 aliphatic rings. The van der Waals surface area contributed by atoms with Gasteiger partial charge in [-0.15, -0.1) is 24.0 Å². The maximum absolute atomic E-state index is 5.86. The van der Waals surface area contributed by atoms with Crippen LogP contribution in [0.2, 0.25) is 0 Å². The van der Waals surface area contributed by atoms with Gasteiger partial charge in [0.05, 0.1) is 12.2 Å². The third-order valence-corrected chi connectivity index (χ3v) is 2.75. The molecule has 106 valence electrons. The van der Waals surface area contributed by atoms with E-state index in [0.29, 0.717) is 12.5 Å². The summed E-state index contributed by atoms with van der Waals surface area (Å²) in [5.41, 5.74) is 8.98. The van der Waals surface area contributed by atoms with E-state index in [1.165, 1.54) is 5.56 Å². The van der Waals surface area contributed by atoms with Crippen molar-refractivity contribution in [3.05, 3.63) is 59.9 Å². The van der Waals surface area contributed by atoms with Crippen molar-refractivity contribution in [1.29, 1.82) is 0 Å². The summed E-state index contributed by atoms with van der Waals surface area (Å²) >= 11 is 0. The van der Waals surface area contributed by atoms with Crippen molar-refractivity contribution in [3.63, 3.8) is 0 Å². The molecule has 0 unspecified atom stereocenters. The van der Waals surface area contributed by atoms with Gasteiger partial charge in [-0.25, -0.2) is 4.99 Å². The topological polar surface area (TPSA) is 63.3 Å². The lowest BCUT2D eigenvalue weighted by Crippen LogP contribution is -2.22. The van der Waals surface area contributed by atoms with Crippen molar-refractivity contribution in [1.82, 2.24) is 4.98 Å². The molecule has 0 bridgehead atoms. The van der Waals surface area contributed by atoms with E-state index in [-0.39, 0.29) is 24.0 Å². The summed E-state index contributed by atoms with van der Waals surface area (Å²) in [6.07, 6.45) is 2.75. The van der Waals surface area contributed by atoms with Crippen molar-refractivity contribution in [2.75, 3.05) is 5.32 Å². The normalized spacial score (nSPS) is 10.8. The molecule has 0 aliphatic carbocycles. The van der Waals surface area contributed by atoms with E-state index in [4.69, 9.17) is 5.73 Å². The molecule has 1 aromatic carbocycles. The van der Waals surface area contributed by atoms with E-state index in [9.17, 15) is 0 Å². The maximum atomic E-state index is 5.86. The van der Waals surface area contributed by atoms with Gasteiger partial charge in [0.1, 0.15) is 0 Å². The highest BCUT2D eigenvalue weighted by molar-refractivity contribution is 14.0. The Bertz CT molecular complexity index is 555. The number of anilines is 1. The molecule has 5 heteroatoms. The molecule has 0 amide bonds. The molecular weight excluding hydrogens is 363 g/mol. The minimum absolute atomic E-state index is 0. The zero-order valence-corrected chi connectivity index (χ0v) is 13.7. The zero-order valence-electron chi connectivity index (χ0n) is 11.4. The van der Waals surface area contributed by atoms with Gasteiger partial charge in [0.25, 0.3) is 0 Å². The number of guanidine groups is 1. The molecule has 1 heterocycles. The van der Waals surface area contributed by atoms with Gasteiger partial charge in [-0.1, -0.05) is 25.1 Å². The fraction of sp³-hybridized carbons (Fsp3) is 0.200. The molecule has 2 aromatic rings. The molecule has 20 heavy (non-hydrogen) atoms. The van der Waals surface area contributed by atoms with Gasteiger partial charge >= 0.3 is 0 Å². The van der Waals surface area contributed by atoms with E-state index in [1.807, 2.05) is 30.3 Å². The van der Waals surface area contributed by atoms with Crippen LogP contribution in [0.5, 0.6) is 0 Å². The highest BCUT2D eigenvalue weighted by atomic mass is 127. The Hall–Kier alpha value is -1.63. The number of aryl methyl sites for hydroxylation is 1. The largest absolute Gasteiger partial charge is 0.370 e. The van der Waals surface area contributed by atoms with Gasteiger partial charge in [0.2, 0.25) is 0 Å². The number of halogens is 1. The first-order valence-corrected chi connectivity index (χ1v) is 6.33. The second-order valence-corrected chi connectivity index (χ2v) is 4.20. The Balaban J connectivity index is 0.00000200. The zero-order chi connectivity index (χ0) is 13.5. The minimum atomic E-state index is 0. The predicted octanol–water partition coefficient (Wildman–Crippen LogP) is 3.19. The van der Waals surface area contributed by atoms with Gasteiger partial charge in [-0.2, -0.15) is 0 Å². The van der Waals surface area contributed by atoms with Crippen LogP contribution in [0.3, 0.4) is 0 Å². The van der Waals surface area contributed by atoms with Gasteiger partial charge in [-0.05, 0) is 36.2 Å². The summed E-state index contributed by atoms with van der Waals surface area (Å²) in [4.78, 5) is 8.46. The number of nitrogens with zero attached hydrogens (tertiary/aromatic N) is 2. The maximum Gasteiger partial charge on any atom is 0.193 e. The van der Waals surface area contributed by atoms with Gasteiger partial charge in [0.15, 0.2) is 5.96 Å². The summed E-state index contributed by atoms with van der Waals surface area (Å²) in [5.74, 6) is 0.402. The summed E-state index contributed by atoms with van der Waals surface area (Å²) in [7, 11) is 0. The number of nitrogens with one attached hydrogen (secondary N) is 1. The third kappa shape index (κ3) is 5.16. The number of benzene rings is 1. The molecule has 0 radical (unpaired) electrons. The minimum Gasteiger partial charge on any atom is -0.370 e. The van der Waals surface area contributed by atoms with Crippen LogP contribution in [-0.4, -0.2) is 10.9 Å². The van der Waals surface area contributed by atoms with Crippen LogP contribution in [0.1, 0.15) is 18.2 Å². The highest BCUT2D eigenvalue weighted by Crippen LogP contribution is 2.10. The van der Waals surface area contributed by atoms with E-state index < -0.39 is 0 Å². The summed E-state index contributed by atoms with van der Waals surface area (Å²) < 4.78 is 0. The summed E-state index contributed by atoms with van der Waals surface area (Å²) in [6, 6.07) is 13.9. The first-order chi connectivity index (χ1) is 9.28. The van der Waals surface area contributed by atoms with Crippen molar-refractivity contribution in [2.24, 2.45) is 10.7 Å². The molecule has 4 nitrogen and oxygen atoms in total. The Kier molecular flexibility index (Phi) is 7.00. The number of rotatable bonds is 4. The standard InChI is InChI=1S/C15H18N4.HI/c1-2-12-6-5-8-13(10-12)19-15(16)18-11-14-7-3-4-9-17-14;/h3-10H,2,11H2,1H3,(H3,16,18,19);1H. The van der Waals surface area contributed by atoms with Gasteiger partial charge in [0, 0.05) is 11.9 Å². The molecule has 0 saturated heterocycles. The number of pyridine rings is 1. The molecule has 0 saturated carbocycles. The van der Waals surface area contributed by atoms with E-state index >= 15 is 0 Å². The molecule has 0 atom stereocenters. The molecule has 3 N–H and O–H groups in total. The molecule has 1 aromatic heterocycles. The fourth-order valence-corrected chi connectivity index (χ4v) is 1.71. The van der Waals surface area contributed by atoms with Gasteiger partial charge in [-0.3, -0.25) is 4.98 Å². The Labute approximate surface area is 136 Å². The molecule has 0 spiro atoms. The molecule has 0 aliphatic heterocycles. The quantitative estimate of drug-likeness (QED) is 0.485. The van der Waals surface area contributed by atoms with E-state index in [0.717, 1.165) is 17.8 Å². The van der Waals surface area contributed by atoms with Gasteiger partial charge < -0.3 is 11.1 Å². The smallest absolute Gasteiger partial charge is 0.193 e. The first-order valence-electron chi connectivity index (χ1n) is 6.33. The van der Waals surface area contributed by atoms with Crippen molar-refractivity contribution in [2.45, 2.75) is 19.9 Å². The Morgan fingerprint density at radius 1 is 1.25 bits per heavy atom. The van der Waals surface area contributed by atoms with Crippen LogP contribution in [0.4, 0.5) is 5.69 Å². The average Bonchev–Trinajstić information content (AvgIpc) is 2.46. The monoisotopic (exact) mass is 382 g/mol. The lowest BCUT2D eigenvalue weighted by molar-refractivity contribution is 0.985. The summed E-state index contributed by atoms with van der Waals surface area (Å²) in [5, 5.41) is 3.09. The molecular formula is C15H19IN4. The van der Waals surface area contributed by atoms with Crippen molar-refractivity contribution < 1.29 is 0 Å². The van der Waals surface area contributed by atoms with Crippen molar-refractivity contribution >= 4 is 35.6 Å². The van der Waals surface area contributed by atoms with Crippen LogP contribution in [0.15, 0.2) is 53.7 Å². The van der Waals surface area contributed by atoms with Crippen LogP contribution >= 0.6 is 24.0 Å². The Morgan fingerprint density at radius 2 is 2.10 bits per heavy atom. The molecule has 2 rings (SSSR count). The highest BCUT2D eigenvalue weighted by Gasteiger charge is 1.97. The number of hydrogen-bond donors (Lipinski definition) is 2. The third-order valence-electron chi connectivity index (χ3n) is 2.75. The number of hydrogen-bond acceptors (Lipinski definition) is 2. The lowest BCUT2D eigenvalue weighted by atomic mass is 10.1. The fourth-order valence-electron chi connectivity index (χ4n) is 1.71. The second-order valence-electron chi connectivity index (χ2n) is 4.20. The predicted molar refractivity (Wildman–Crippen MR) is 94.4 cm³/mol. The van der Waals surface area contributed by atoms with Crippen LogP contribution in [0, 0.1) is 0 Å². The average molecular weight is 382 g/mol. The SMILES string of the molecule is CCc1cccc(NC(N)=NCc2ccccn2)c1.I. The number of aromatic nitrogens is 1. The lowest BCUT2D eigenvalue weighted by Gasteiger charge is -2.07. The van der Waals surface area contributed by atoms with E-state index in [1.54, 1.807) is 6.20 Å². The van der Waals surface area contributed by atoms with Crippen molar-refractivity contribution in [3.8, 4) is 0 Å². The van der Waals surface area contributed by atoms with E-state index in [2.05, 4.69) is 34.3 Å².